The number of fused-ring (bicyclic) bond motifs is 1. The van der Waals surface area contributed by atoms with Gasteiger partial charge in [0.2, 0.25) is 6.10 Å². The summed E-state index contributed by atoms with van der Waals surface area (Å²) in [7, 11) is 1.22. The van der Waals surface area contributed by atoms with Crippen LogP contribution in [-0.2, 0) is 32.0 Å². The SMILES string of the molecule is COC(=O)C(OC(=O)C1CCn2cnnc2C1)c1ccc(Cl)cc1Cl. The van der Waals surface area contributed by atoms with Gasteiger partial charge in [-0.1, -0.05) is 29.3 Å². The average Bonchev–Trinajstić information content (AvgIpc) is 3.07. The Balaban J connectivity index is 1.79. The van der Waals surface area contributed by atoms with E-state index in [0.29, 0.717) is 35.8 Å². The number of nitrogens with zero attached hydrogens (tertiary/aromatic N) is 3. The van der Waals surface area contributed by atoms with Gasteiger partial charge in [-0.3, -0.25) is 4.79 Å². The van der Waals surface area contributed by atoms with Gasteiger partial charge in [0.15, 0.2) is 0 Å². The van der Waals surface area contributed by atoms with Gasteiger partial charge in [0.05, 0.1) is 13.0 Å². The summed E-state index contributed by atoms with van der Waals surface area (Å²) >= 11 is 12.0. The molecule has 0 radical (unpaired) electrons. The van der Waals surface area contributed by atoms with Crippen molar-refractivity contribution in [1.82, 2.24) is 14.8 Å². The van der Waals surface area contributed by atoms with Gasteiger partial charge in [0.1, 0.15) is 12.2 Å². The molecule has 0 aliphatic carbocycles. The van der Waals surface area contributed by atoms with Crippen LogP contribution in [0, 0.1) is 5.92 Å². The Kier molecular flexibility index (Phi) is 5.24. The lowest BCUT2D eigenvalue weighted by atomic mass is 9.98. The van der Waals surface area contributed by atoms with E-state index < -0.39 is 24.0 Å². The van der Waals surface area contributed by atoms with Crippen LogP contribution in [0.25, 0.3) is 0 Å². The van der Waals surface area contributed by atoms with E-state index in [-0.39, 0.29) is 5.02 Å². The molecule has 1 aliphatic rings. The van der Waals surface area contributed by atoms with Crippen LogP contribution in [0.1, 0.15) is 23.9 Å². The van der Waals surface area contributed by atoms with Gasteiger partial charge < -0.3 is 14.0 Å². The Morgan fingerprint density at radius 3 is 2.88 bits per heavy atom. The third-order valence-corrected chi connectivity index (χ3v) is 4.63. The molecule has 0 spiro atoms. The fraction of sp³-hybridized carbons (Fsp3) is 0.375. The van der Waals surface area contributed by atoms with Gasteiger partial charge in [0, 0.05) is 28.6 Å². The van der Waals surface area contributed by atoms with Crippen molar-refractivity contribution < 1.29 is 19.1 Å². The number of benzene rings is 1. The molecule has 2 heterocycles. The van der Waals surface area contributed by atoms with Crippen molar-refractivity contribution in [2.45, 2.75) is 25.5 Å². The maximum Gasteiger partial charge on any atom is 0.352 e. The molecule has 25 heavy (non-hydrogen) atoms. The van der Waals surface area contributed by atoms with Crippen molar-refractivity contribution in [3.63, 3.8) is 0 Å². The smallest absolute Gasteiger partial charge is 0.352 e. The molecule has 3 rings (SSSR count). The molecular weight excluding hydrogens is 369 g/mol. The minimum absolute atomic E-state index is 0.221. The molecule has 9 heteroatoms. The highest BCUT2D eigenvalue weighted by molar-refractivity contribution is 6.35. The third-order valence-electron chi connectivity index (χ3n) is 4.07. The molecule has 0 saturated heterocycles. The van der Waals surface area contributed by atoms with E-state index in [0.717, 1.165) is 0 Å². The van der Waals surface area contributed by atoms with E-state index in [1.807, 2.05) is 4.57 Å². The number of hydrogen-bond donors (Lipinski definition) is 0. The van der Waals surface area contributed by atoms with Crippen molar-refractivity contribution in [3.05, 3.63) is 46.0 Å². The summed E-state index contributed by atoms with van der Waals surface area (Å²) < 4.78 is 12.1. The quantitative estimate of drug-likeness (QED) is 0.754. The molecule has 1 aromatic carbocycles. The summed E-state index contributed by atoms with van der Waals surface area (Å²) in [6.45, 7) is 0.618. The van der Waals surface area contributed by atoms with E-state index in [1.165, 1.54) is 19.2 Å². The molecular formula is C16H15Cl2N3O4. The first-order valence-electron chi connectivity index (χ1n) is 7.59. The second-order valence-corrected chi connectivity index (χ2v) is 6.48. The number of ether oxygens (including phenoxy) is 2. The van der Waals surface area contributed by atoms with Crippen LogP contribution in [0.15, 0.2) is 24.5 Å². The minimum atomic E-state index is -1.25. The first-order chi connectivity index (χ1) is 12.0. The fourth-order valence-corrected chi connectivity index (χ4v) is 3.22. The third kappa shape index (κ3) is 3.77. The highest BCUT2D eigenvalue weighted by Crippen LogP contribution is 2.31. The normalized spacial score (nSPS) is 17.5. The fourth-order valence-electron chi connectivity index (χ4n) is 2.71. The zero-order chi connectivity index (χ0) is 18.0. The van der Waals surface area contributed by atoms with Crippen LogP contribution in [0.2, 0.25) is 10.0 Å². The van der Waals surface area contributed by atoms with E-state index in [9.17, 15) is 9.59 Å². The molecule has 0 amide bonds. The van der Waals surface area contributed by atoms with Gasteiger partial charge in [-0.05, 0) is 18.6 Å². The number of hydrogen-bond acceptors (Lipinski definition) is 6. The molecule has 2 unspecified atom stereocenters. The van der Waals surface area contributed by atoms with Gasteiger partial charge in [0.25, 0.3) is 0 Å². The molecule has 0 saturated carbocycles. The molecule has 1 aliphatic heterocycles. The topological polar surface area (TPSA) is 83.3 Å². The van der Waals surface area contributed by atoms with E-state index in [2.05, 4.69) is 10.2 Å². The average molecular weight is 384 g/mol. The van der Waals surface area contributed by atoms with Crippen LogP contribution in [-0.4, -0.2) is 33.8 Å². The van der Waals surface area contributed by atoms with Crippen LogP contribution in [0.3, 0.4) is 0 Å². The minimum Gasteiger partial charge on any atom is -0.466 e. The molecule has 1 aromatic heterocycles. The second kappa shape index (κ2) is 7.41. The lowest BCUT2D eigenvalue weighted by Gasteiger charge is -2.24. The van der Waals surface area contributed by atoms with E-state index in [1.54, 1.807) is 12.4 Å². The number of methoxy groups -OCH3 is 1. The highest BCUT2D eigenvalue weighted by Gasteiger charge is 2.33. The van der Waals surface area contributed by atoms with Crippen LogP contribution in [0.5, 0.6) is 0 Å². The Bertz CT molecular complexity index is 808. The molecule has 2 atom stereocenters. The zero-order valence-corrected chi connectivity index (χ0v) is 14.8. The number of halogens is 2. The summed E-state index contributed by atoms with van der Waals surface area (Å²) in [6.07, 6.45) is 1.36. The van der Waals surface area contributed by atoms with Crippen molar-refractivity contribution in [1.29, 1.82) is 0 Å². The predicted octanol–water partition coefficient (Wildman–Crippen LogP) is 2.60. The summed E-state index contributed by atoms with van der Waals surface area (Å²) in [5, 5.41) is 8.44. The first-order valence-corrected chi connectivity index (χ1v) is 8.35. The lowest BCUT2D eigenvalue weighted by Crippen LogP contribution is -2.30. The number of esters is 2. The summed E-state index contributed by atoms with van der Waals surface area (Å²) in [5.41, 5.74) is 0.324. The van der Waals surface area contributed by atoms with Gasteiger partial charge >= 0.3 is 11.9 Å². The Morgan fingerprint density at radius 2 is 2.16 bits per heavy atom. The van der Waals surface area contributed by atoms with Crippen LogP contribution >= 0.6 is 23.2 Å². The first kappa shape index (κ1) is 17.7. The van der Waals surface area contributed by atoms with Crippen molar-refractivity contribution >= 4 is 35.1 Å². The molecule has 7 nitrogen and oxygen atoms in total. The van der Waals surface area contributed by atoms with Gasteiger partial charge in [-0.15, -0.1) is 10.2 Å². The number of carbonyl (C=O) groups excluding carboxylic acids is 2. The monoisotopic (exact) mass is 383 g/mol. The highest BCUT2D eigenvalue weighted by atomic mass is 35.5. The van der Waals surface area contributed by atoms with E-state index >= 15 is 0 Å². The molecule has 2 aromatic rings. The Morgan fingerprint density at radius 1 is 1.36 bits per heavy atom. The number of aromatic nitrogens is 3. The van der Waals surface area contributed by atoms with Crippen molar-refractivity contribution in [3.8, 4) is 0 Å². The summed E-state index contributed by atoms with van der Waals surface area (Å²) in [4.78, 5) is 24.7. The molecule has 0 fully saturated rings. The van der Waals surface area contributed by atoms with E-state index in [4.69, 9.17) is 32.7 Å². The maximum atomic E-state index is 12.6. The number of aryl methyl sites for hydroxylation is 1. The maximum absolute atomic E-state index is 12.6. The summed E-state index contributed by atoms with van der Waals surface area (Å²) in [6, 6.07) is 4.58. The number of rotatable bonds is 4. The van der Waals surface area contributed by atoms with Crippen LogP contribution in [0.4, 0.5) is 0 Å². The lowest BCUT2D eigenvalue weighted by molar-refractivity contribution is -0.170. The summed E-state index contributed by atoms with van der Waals surface area (Å²) in [5.74, 6) is -0.908. The molecule has 0 N–H and O–H groups in total. The zero-order valence-electron chi connectivity index (χ0n) is 13.3. The Hall–Kier alpha value is -2.12. The largest absolute Gasteiger partial charge is 0.466 e. The molecule has 132 valence electrons. The van der Waals surface area contributed by atoms with Crippen molar-refractivity contribution in [2.24, 2.45) is 5.92 Å². The molecule has 0 bridgehead atoms. The predicted molar refractivity (Wildman–Crippen MR) is 89.1 cm³/mol. The second-order valence-electron chi connectivity index (χ2n) is 5.64. The van der Waals surface area contributed by atoms with Gasteiger partial charge in [-0.25, -0.2) is 4.79 Å². The van der Waals surface area contributed by atoms with Crippen LogP contribution < -0.4 is 0 Å². The standard InChI is InChI=1S/C16H15Cl2N3O4/c1-24-16(23)14(11-3-2-10(17)7-12(11)18)25-15(22)9-4-5-21-8-19-20-13(21)6-9/h2-3,7-9,14H,4-6H2,1H3. The Labute approximate surface area is 153 Å². The van der Waals surface area contributed by atoms with Crippen molar-refractivity contribution in [2.75, 3.05) is 7.11 Å². The number of carbonyl (C=O) groups is 2. The van der Waals surface area contributed by atoms with Gasteiger partial charge in [-0.2, -0.15) is 0 Å².